The molecule has 0 aliphatic carbocycles. The van der Waals surface area contributed by atoms with Gasteiger partial charge in [-0.1, -0.05) is 6.92 Å². The second kappa shape index (κ2) is 4.34. The fraction of sp³-hybridized carbons (Fsp3) is 0.750. The molecule has 1 aromatic rings. The van der Waals surface area contributed by atoms with Gasteiger partial charge in [-0.05, 0) is 18.8 Å². The molecule has 0 spiro atoms. The van der Waals surface area contributed by atoms with Crippen LogP contribution in [-0.2, 0) is 13.0 Å². The van der Waals surface area contributed by atoms with Gasteiger partial charge in [0.05, 0.1) is 5.69 Å². The predicted octanol–water partition coefficient (Wildman–Crippen LogP) is 2.03. The molecule has 1 N–H and O–H groups in total. The lowest BCUT2D eigenvalue weighted by Crippen LogP contribution is -2.34. The first-order chi connectivity index (χ1) is 7.83. The Labute approximate surface area is 101 Å². The summed E-state index contributed by atoms with van der Waals surface area (Å²) in [6.07, 6.45) is 3.81. The summed E-state index contributed by atoms with van der Waals surface area (Å²) < 4.78 is 0. The number of aromatic nitrogens is 1. The van der Waals surface area contributed by atoms with E-state index < -0.39 is 0 Å². The van der Waals surface area contributed by atoms with E-state index in [2.05, 4.69) is 17.1 Å². The molecule has 0 aromatic carbocycles. The van der Waals surface area contributed by atoms with E-state index in [9.17, 15) is 0 Å². The van der Waals surface area contributed by atoms with E-state index in [4.69, 9.17) is 4.98 Å². The number of nitrogens with one attached hydrogen (secondary N) is 1. The summed E-state index contributed by atoms with van der Waals surface area (Å²) in [6.45, 7) is 6.86. The first-order valence-electron chi connectivity index (χ1n) is 6.27. The molecule has 0 radical (unpaired) electrons. The molecule has 3 rings (SSSR count). The fourth-order valence-corrected chi connectivity index (χ4v) is 3.72. The van der Waals surface area contributed by atoms with Crippen LogP contribution in [0.5, 0.6) is 0 Å². The normalized spacial score (nSPS) is 25.6. The van der Waals surface area contributed by atoms with E-state index in [1.54, 1.807) is 0 Å². The Morgan fingerprint density at radius 2 is 2.44 bits per heavy atom. The lowest BCUT2D eigenvalue weighted by atomic mass is 10.0. The molecule has 1 saturated heterocycles. The summed E-state index contributed by atoms with van der Waals surface area (Å²) in [7, 11) is 0. The van der Waals surface area contributed by atoms with Gasteiger partial charge in [-0.25, -0.2) is 4.98 Å². The van der Waals surface area contributed by atoms with Gasteiger partial charge in [0.25, 0.3) is 0 Å². The maximum absolute atomic E-state index is 4.81. The number of thiazole rings is 1. The first-order valence-corrected chi connectivity index (χ1v) is 7.09. The van der Waals surface area contributed by atoms with Crippen molar-refractivity contribution in [1.82, 2.24) is 10.3 Å². The molecule has 2 aliphatic rings. The van der Waals surface area contributed by atoms with E-state index in [-0.39, 0.29) is 0 Å². The predicted molar refractivity (Wildman–Crippen MR) is 68.1 cm³/mol. The van der Waals surface area contributed by atoms with Gasteiger partial charge in [0.15, 0.2) is 5.13 Å². The highest BCUT2D eigenvalue weighted by Crippen LogP contribution is 2.31. The monoisotopic (exact) mass is 237 g/mol. The lowest BCUT2D eigenvalue weighted by Gasteiger charge is -2.30. The Balaban J connectivity index is 1.80. The summed E-state index contributed by atoms with van der Waals surface area (Å²) in [5, 5.41) is 4.68. The number of anilines is 1. The van der Waals surface area contributed by atoms with Crippen molar-refractivity contribution in [1.29, 1.82) is 0 Å². The maximum atomic E-state index is 4.81. The van der Waals surface area contributed by atoms with Crippen molar-refractivity contribution in [3.63, 3.8) is 0 Å². The van der Waals surface area contributed by atoms with E-state index in [1.165, 1.54) is 41.6 Å². The van der Waals surface area contributed by atoms with E-state index in [0.717, 1.165) is 25.4 Å². The third kappa shape index (κ3) is 1.96. The summed E-state index contributed by atoms with van der Waals surface area (Å²) in [4.78, 5) is 8.75. The fourth-order valence-electron chi connectivity index (χ4n) is 2.61. The molecule has 2 aliphatic heterocycles. The molecule has 16 heavy (non-hydrogen) atoms. The Bertz CT molecular complexity index is 351. The molecule has 0 saturated carbocycles. The molecule has 88 valence electrons. The number of nitrogens with zero attached hydrogens (tertiary/aromatic N) is 2. The van der Waals surface area contributed by atoms with Crippen LogP contribution in [0.1, 0.15) is 30.3 Å². The smallest absolute Gasteiger partial charge is 0.185 e. The first kappa shape index (κ1) is 10.5. The number of fused-ring (bicyclic) bond motifs is 1. The lowest BCUT2D eigenvalue weighted by molar-refractivity contribution is 0.446. The highest BCUT2D eigenvalue weighted by Gasteiger charge is 2.22. The van der Waals surface area contributed by atoms with Crippen molar-refractivity contribution in [3.05, 3.63) is 10.6 Å². The molecule has 0 amide bonds. The van der Waals surface area contributed by atoms with E-state index in [1.807, 2.05) is 11.3 Å². The second-order valence-electron chi connectivity index (χ2n) is 4.99. The minimum absolute atomic E-state index is 0.827. The highest BCUT2D eigenvalue weighted by atomic mass is 32.1. The minimum atomic E-state index is 0.827. The average Bonchev–Trinajstić information content (AvgIpc) is 2.72. The number of piperidine rings is 1. The van der Waals surface area contributed by atoms with Crippen LogP contribution in [0.25, 0.3) is 0 Å². The highest BCUT2D eigenvalue weighted by molar-refractivity contribution is 7.15. The zero-order chi connectivity index (χ0) is 11.0. The Morgan fingerprint density at radius 1 is 1.50 bits per heavy atom. The van der Waals surface area contributed by atoms with Gasteiger partial charge < -0.3 is 10.2 Å². The van der Waals surface area contributed by atoms with Crippen molar-refractivity contribution in [3.8, 4) is 0 Å². The molecule has 0 unspecified atom stereocenters. The van der Waals surface area contributed by atoms with Gasteiger partial charge in [0.2, 0.25) is 0 Å². The third-order valence-corrected chi connectivity index (χ3v) is 4.68. The number of hydrogen-bond acceptors (Lipinski definition) is 4. The van der Waals surface area contributed by atoms with Crippen molar-refractivity contribution < 1.29 is 0 Å². The van der Waals surface area contributed by atoms with Crippen LogP contribution in [0.3, 0.4) is 0 Å². The quantitative estimate of drug-likeness (QED) is 0.810. The van der Waals surface area contributed by atoms with Gasteiger partial charge in [0, 0.05) is 37.5 Å². The zero-order valence-electron chi connectivity index (χ0n) is 9.83. The SMILES string of the molecule is C[C@H]1CCCN(c2nc3c(s2)CNCC3)C1. The maximum Gasteiger partial charge on any atom is 0.185 e. The number of hydrogen-bond donors (Lipinski definition) is 1. The van der Waals surface area contributed by atoms with Gasteiger partial charge in [-0.3, -0.25) is 0 Å². The molecule has 1 aromatic heterocycles. The average molecular weight is 237 g/mol. The Kier molecular flexibility index (Phi) is 2.86. The van der Waals surface area contributed by atoms with Crippen molar-refractivity contribution >= 4 is 16.5 Å². The van der Waals surface area contributed by atoms with Crippen LogP contribution in [0, 0.1) is 5.92 Å². The summed E-state index contributed by atoms with van der Waals surface area (Å²) in [5.74, 6) is 0.827. The number of rotatable bonds is 1. The van der Waals surface area contributed by atoms with Crippen LogP contribution in [0.2, 0.25) is 0 Å². The van der Waals surface area contributed by atoms with E-state index in [0.29, 0.717) is 0 Å². The molecule has 0 bridgehead atoms. The Morgan fingerprint density at radius 3 is 3.25 bits per heavy atom. The van der Waals surface area contributed by atoms with Crippen LogP contribution in [-0.4, -0.2) is 24.6 Å². The summed E-state index contributed by atoms with van der Waals surface area (Å²) in [6, 6.07) is 0. The van der Waals surface area contributed by atoms with Crippen molar-refractivity contribution in [2.45, 2.75) is 32.7 Å². The van der Waals surface area contributed by atoms with Crippen LogP contribution in [0.4, 0.5) is 5.13 Å². The molecule has 1 fully saturated rings. The molecule has 1 atom stereocenters. The molecule has 3 heterocycles. The van der Waals surface area contributed by atoms with Gasteiger partial charge >= 0.3 is 0 Å². The van der Waals surface area contributed by atoms with Gasteiger partial charge in [0.1, 0.15) is 0 Å². The topological polar surface area (TPSA) is 28.2 Å². The molecular weight excluding hydrogens is 218 g/mol. The van der Waals surface area contributed by atoms with Crippen molar-refractivity contribution in [2.24, 2.45) is 5.92 Å². The zero-order valence-corrected chi connectivity index (χ0v) is 10.6. The van der Waals surface area contributed by atoms with Crippen LogP contribution < -0.4 is 10.2 Å². The summed E-state index contributed by atoms with van der Waals surface area (Å²) in [5.41, 5.74) is 1.34. The molecular formula is C12H19N3S. The third-order valence-electron chi connectivity index (χ3n) is 3.52. The molecule has 3 nitrogen and oxygen atoms in total. The second-order valence-corrected chi connectivity index (χ2v) is 6.05. The standard InChI is InChI=1S/C12H19N3S/c1-9-3-2-6-15(8-9)12-14-10-4-5-13-7-11(10)16-12/h9,13H,2-8H2,1H3/t9-/m0/s1. The molecule has 4 heteroatoms. The van der Waals surface area contributed by atoms with Gasteiger partial charge in [-0.15, -0.1) is 11.3 Å². The Hall–Kier alpha value is -0.610. The van der Waals surface area contributed by atoms with E-state index >= 15 is 0 Å². The van der Waals surface area contributed by atoms with Crippen LogP contribution in [0.15, 0.2) is 0 Å². The largest absolute Gasteiger partial charge is 0.348 e. The summed E-state index contributed by atoms with van der Waals surface area (Å²) >= 11 is 1.90. The van der Waals surface area contributed by atoms with Crippen LogP contribution >= 0.6 is 11.3 Å². The minimum Gasteiger partial charge on any atom is -0.348 e. The van der Waals surface area contributed by atoms with Gasteiger partial charge in [-0.2, -0.15) is 0 Å². The van der Waals surface area contributed by atoms with Crippen molar-refractivity contribution in [2.75, 3.05) is 24.5 Å².